The van der Waals surface area contributed by atoms with Crippen molar-refractivity contribution in [2.24, 2.45) is 5.92 Å². The summed E-state index contributed by atoms with van der Waals surface area (Å²) in [6.45, 7) is 2.62. The zero-order chi connectivity index (χ0) is 8.27. The number of hydrogen-bond acceptors (Lipinski definition) is 3. The van der Waals surface area contributed by atoms with Gasteiger partial charge in [-0.2, -0.15) is 0 Å². The van der Waals surface area contributed by atoms with E-state index in [1.807, 2.05) is 6.92 Å². The summed E-state index contributed by atoms with van der Waals surface area (Å²) >= 11 is 0. The molecule has 0 unspecified atom stereocenters. The van der Waals surface area contributed by atoms with E-state index in [9.17, 15) is 4.79 Å². The van der Waals surface area contributed by atoms with Crippen molar-refractivity contribution in [2.75, 3.05) is 13.7 Å². The fraction of sp³-hybridized carbons (Fsp3) is 0.875. The van der Waals surface area contributed by atoms with Crippen molar-refractivity contribution in [1.29, 1.82) is 0 Å². The van der Waals surface area contributed by atoms with E-state index in [4.69, 9.17) is 0 Å². The molecular weight excluding hydrogens is 142 g/mol. The highest BCUT2D eigenvalue weighted by atomic mass is 16.5. The molecule has 0 aromatic heterocycles. The van der Waals surface area contributed by atoms with Crippen LogP contribution >= 0.6 is 0 Å². The second-order valence-corrected chi connectivity index (χ2v) is 3.11. The number of hydrogen-bond donors (Lipinski definition) is 1. The molecule has 1 N–H and O–H groups in total. The molecule has 0 spiro atoms. The van der Waals surface area contributed by atoms with Gasteiger partial charge in [0, 0.05) is 12.6 Å². The summed E-state index contributed by atoms with van der Waals surface area (Å²) in [5, 5.41) is 3.27. The molecule has 0 bridgehead atoms. The van der Waals surface area contributed by atoms with Crippen LogP contribution in [0.5, 0.6) is 0 Å². The Hall–Kier alpha value is -0.570. The van der Waals surface area contributed by atoms with E-state index in [0.717, 1.165) is 6.54 Å². The van der Waals surface area contributed by atoms with Gasteiger partial charge >= 0.3 is 5.97 Å². The minimum Gasteiger partial charge on any atom is -0.469 e. The molecule has 0 aromatic rings. The summed E-state index contributed by atoms with van der Waals surface area (Å²) in [7, 11) is 1.43. The fourth-order valence-electron chi connectivity index (χ4n) is 0.915. The van der Waals surface area contributed by atoms with Crippen LogP contribution in [-0.2, 0) is 9.53 Å². The first-order valence-electron chi connectivity index (χ1n) is 4.05. The molecule has 64 valence electrons. The predicted molar refractivity (Wildman–Crippen MR) is 42.2 cm³/mol. The van der Waals surface area contributed by atoms with Crippen LogP contribution < -0.4 is 5.32 Å². The van der Waals surface area contributed by atoms with Crippen LogP contribution in [0, 0.1) is 5.92 Å². The number of carbonyl (C=O) groups is 1. The third kappa shape index (κ3) is 2.89. The van der Waals surface area contributed by atoms with Crippen LogP contribution in [0.3, 0.4) is 0 Å². The van der Waals surface area contributed by atoms with Crippen LogP contribution in [0.15, 0.2) is 0 Å². The molecule has 1 atom stereocenters. The first-order chi connectivity index (χ1) is 5.24. The predicted octanol–water partition coefficient (Wildman–Crippen LogP) is 0.547. The van der Waals surface area contributed by atoms with Gasteiger partial charge in [0.15, 0.2) is 0 Å². The number of esters is 1. The zero-order valence-corrected chi connectivity index (χ0v) is 7.09. The maximum absolute atomic E-state index is 10.9. The lowest BCUT2D eigenvalue weighted by Gasteiger charge is -2.08. The van der Waals surface area contributed by atoms with Crippen LogP contribution in [0.1, 0.15) is 19.8 Å². The molecule has 0 heterocycles. The van der Waals surface area contributed by atoms with Crippen molar-refractivity contribution in [3.05, 3.63) is 0 Å². The quantitative estimate of drug-likeness (QED) is 0.605. The average molecular weight is 157 g/mol. The molecule has 1 aliphatic carbocycles. The van der Waals surface area contributed by atoms with Crippen LogP contribution in [0.2, 0.25) is 0 Å². The first kappa shape index (κ1) is 8.53. The normalized spacial score (nSPS) is 19.5. The molecule has 3 nitrogen and oxygen atoms in total. The SMILES string of the molecule is COC(=O)[C@H](C)CNC1CC1. The molecule has 3 heteroatoms. The van der Waals surface area contributed by atoms with Crippen LogP contribution in [0.4, 0.5) is 0 Å². The van der Waals surface area contributed by atoms with Crippen molar-refractivity contribution < 1.29 is 9.53 Å². The van der Waals surface area contributed by atoms with Crippen molar-refractivity contribution >= 4 is 5.97 Å². The number of methoxy groups -OCH3 is 1. The molecule has 1 aliphatic rings. The Balaban J connectivity index is 2.08. The molecule has 0 aliphatic heterocycles. The van der Waals surface area contributed by atoms with E-state index in [0.29, 0.717) is 6.04 Å². The minimum absolute atomic E-state index is 0.0133. The maximum atomic E-state index is 10.9. The second kappa shape index (κ2) is 3.72. The van der Waals surface area contributed by atoms with Gasteiger partial charge in [-0.15, -0.1) is 0 Å². The van der Waals surface area contributed by atoms with Crippen molar-refractivity contribution in [3.63, 3.8) is 0 Å². The molecule has 11 heavy (non-hydrogen) atoms. The van der Waals surface area contributed by atoms with Crippen molar-refractivity contribution in [3.8, 4) is 0 Å². The van der Waals surface area contributed by atoms with E-state index in [1.165, 1.54) is 20.0 Å². The summed E-state index contributed by atoms with van der Waals surface area (Å²) < 4.78 is 4.59. The van der Waals surface area contributed by atoms with Gasteiger partial charge in [0.25, 0.3) is 0 Å². The number of rotatable bonds is 4. The number of nitrogens with one attached hydrogen (secondary N) is 1. The number of ether oxygens (including phenoxy) is 1. The molecule has 1 saturated carbocycles. The molecular formula is C8H15NO2. The Labute approximate surface area is 67.1 Å². The lowest BCUT2D eigenvalue weighted by molar-refractivity contribution is -0.144. The van der Waals surface area contributed by atoms with E-state index < -0.39 is 0 Å². The summed E-state index contributed by atoms with van der Waals surface area (Å²) in [6.07, 6.45) is 2.52. The topological polar surface area (TPSA) is 38.3 Å². The summed E-state index contributed by atoms with van der Waals surface area (Å²) in [6, 6.07) is 0.669. The molecule has 0 aromatic carbocycles. The van der Waals surface area contributed by atoms with Gasteiger partial charge < -0.3 is 10.1 Å². The van der Waals surface area contributed by atoms with Crippen molar-refractivity contribution in [2.45, 2.75) is 25.8 Å². The van der Waals surface area contributed by atoms with E-state index in [1.54, 1.807) is 0 Å². The Bertz CT molecular complexity index is 143. The highest BCUT2D eigenvalue weighted by Gasteiger charge is 2.22. The summed E-state index contributed by atoms with van der Waals surface area (Å²) in [5.41, 5.74) is 0. The van der Waals surface area contributed by atoms with Gasteiger partial charge in [0.2, 0.25) is 0 Å². The Morgan fingerprint density at radius 2 is 2.36 bits per heavy atom. The Morgan fingerprint density at radius 1 is 1.73 bits per heavy atom. The highest BCUT2D eigenvalue weighted by molar-refractivity contribution is 5.72. The highest BCUT2D eigenvalue weighted by Crippen LogP contribution is 2.18. The van der Waals surface area contributed by atoms with Crippen molar-refractivity contribution in [1.82, 2.24) is 5.32 Å². The maximum Gasteiger partial charge on any atom is 0.309 e. The lowest BCUT2D eigenvalue weighted by Crippen LogP contribution is -2.28. The monoisotopic (exact) mass is 157 g/mol. The largest absolute Gasteiger partial charge is 0.469 e. The first-order valence-corrected chi connectivity index (χ1v) is 4.05. The second-order valence-electron chi connectivity index (χ2n) is 3.11. The molecule has 0 amide bonds. The fourth-order valence-corrected chi connectivity index (χ4v) is 0.915. The van der Waals surface area contributed by atoms with Crippen LogP contribution in [-0.4, -0.2) is 25.7 Å². The van der Waals surface area contributed by atoms with Gasteiger partial charge in [0.05, 0.1) is 13.0 Å². The van der Waals surface area contributed by atoms with E-state index >= 15 is 0 Å². The summed E-state index contributed by atoms with van der Waals surface area (Å²) in [5.74, 6) is -0.140. The molecule has 1 rings (SSSR count). The standard InChI is InChI=1S/C8H15NO2/c1-6(8(10)11-2)5-9-7-3-4-7/h6-7,9H,3-5H2,1-2H3/t6-/m1/s1. The van der Waals surface area contributed by atoms with E-state index in [2.05, 4.69) is 10.1 Å². The van der Waals surface area contributed by atoms with Gasteiger partial charge in [-0.25, -0.2) is 0 Å². The Kier molecular flexibility index (Phi) is 2.88. The minimum atomic E-state index is -0.127. The third-order valence-electron chi connectivity index (χ3n) is 1.89. The zero-order valence-electron chi connectivity index (χ0n) is 7.09. The van der Waals surface area contributed by atoms with E-state index in [-0.39, 0.29) is 11.9 Å². The molecule has 1 fully saturated rings. The average Bonchev–Trinajstić information content (AvgIpc) is 2.81. The van der Waals surface area contributed by atoms with Gasteiger partial charge in [-0.05, 0) is 12.8 Å². The smallest absolute Gasteiger partial charge is 0.309 e. The third-order valence-corrected chi connectivity index (χ3v) is 1.89. The van der Waals surface area contributed by atoms with Crippen LogP contribution in [0.25, 0.3) is 0 Å². The molecule has 0 radical (unpaired) electrons. The summed E-state index contributed by atoms with van der Waals surface area (Å²) in [4.78, 5) is 10.9. The van der Waals surface area contributed by atoms with Gasteiger partial charge in [-0.1, -0.05) is 6.92 Å². The van der Waals surface area contributed by atoms with Gasteiger partial charge in [-0.3, -0.25) is 4.79 Å². The molecule has 0 saturated heterocycles. The number of carbonyl (C=O) groups excluding carboxylic acids is 1. The van der Waals surface area contributed by atoms with Gasteiger partial charge in [0.1, 0.15) is 0 Å². The Morgan fingerprint density at radius 3 is 2.82 bits per heavy atom. The lowest BCUT2D eigenvalue weighted by atomic mass is 10.2.